The number of hydrogen-bond donors (Lipinski definition) is 0. The molecule has 0 unspecified atom stereocenters. The highest BCUT2D eigenvalue weighted by Gasteiger charge is 2.23. The van der Waals surface area contributed by atoms with Crippen LogP contribution in [-0.4, -0.2) is 5.84 Å². The van der Waals surface area contributed by atoms with Gasteiger partial charge in [0.1, 0.15) is 0 Å². The van der Waals surface area contributed by atoms with Crippen molar-refractivity contribution in [2.24, 2.45) is 4.99 Å². The lowest BCUT2D eigenvalue weighted by Gasteiger charge is -2.29. The molecule has 1 aliphatic rings. The molecule has 4 rings (SSSR count). The molecule has 0 bridgehead atoms. The number of rotatable bonds is 2. The summed E-state index contributed by atoms with van der Waals surface area (Å²) < 4.78 is 1.01. The third-order valence-corrected chi connectivity index (χ3v) is 4.11. The summed E-state index contributed by atoms with van der Waals surface area (Å²) in [5, 5.41) is 1.94. The summed E-state index contributed by atoms with van der Waals surface area (Å²) >= 11 is 3.53. The van der Waals surface area contributed by atoms with Crippen LogP contribution in [0.25, 0.3) is 0 Å². The maximum absolute atomic E-state index is 4.77. The van der Waals surface area contributed by atoms with Crippen molar-refractivity contribution in [3.8, 4) is 0 Å². The van der Waals surface area contributed by atoms with Crippen LogP contribution in [0, 0.1) is 0 Å². The van der Waals surface area contributed by atoms with Gasteiger partial charge in [0.25, 0.3) is 0 Å². The van der Waals surface area contributed by atoms with E-state index in [1.807, 2.05) is 83.9 Å². The molecule has 0 fully saturated rings. The Labute approximate surface area is 143 Å². The average Bonchev–Trinajstić information content (AvgIpc) is 2.62. The zero-order chi connectivity index (χ0) is 15.6. The van der Waals surface area contributed by atoms with Crippen molar-refractivity contribution in [1.29, 1.82) is 0 Å². The first-order chi connectivity index (χ1) is 11.3. The molecule has 23 heavy (non-hydrogen) atoms. The molecule has 0 spiro atoms. The molecule has 0 saturated heterocycles. The predicted octanol–water partition coefficient (Wildman–Crippen LogP) is 5.20. The van der Waals surface area contributed by atoms with Gasteiger partial charge in [0.2, 0.25) is 0 Å². The minimum atomic E-state index is 0.712. The number of para-hydroxylation sites is 1. The summed E-state index contributed by atoms with van der Waals surface area (Å²) in [6.45, 7) is 0. The molecular formula is C19H13BrN3. The molecule has 3 nitrogen and oxygen atoms in total. The molecular weight excluding hydrogens is 350 g/mol. The van der Waals surface area contributed by atoms with E-state index in [9.17, 15) is 0 Å². The van der Waals surface area contributed by atoms with E-state index >= 15 is 0 Å². The number of anilines is 2. The van der Waals surface area contributed by atoms with Crippen molar-refractivity contribution in [3.63, 3.8) is 0 Å². The zero-order valence-electron chi connectivity index (χ0n) is 12.2. The van der Waals surface area contributed by atoms with Gasteiger partial charge in [-0.1, -0.05) is 64.5 Å². The maximum Gasteiger partial charge on any atom is 0.180 e. The van der Waals surface area contributed by atoms with E-state index in [1.165, 1.54) is 0 Å². The lowest BCUT2D eigenvalue weighted by Crippen LogP contribution is -2.35. The molecule has 0 amide bonds. The van der Waals surface area contributed by atoms with Crippen molar-refractivity contribution in [2.45, 2.75) is 0 Å². The number of aliphatic imine (C=N–C) groups is 1. The number of hydrogen-bond acceptors (Lipinski definition) is 2. The Bertz CT molecular complexity index is 860. The Hall–Kier alpha value is -2.59. The van der Waals surface area contributed by atoms with E-state index < -0.39 is 0 Å². The molecule has 1 heterocycles. The van der Waals surface area contributed by atoms with Crippen LogP contribution in [-0.2, 0) is 0 Å². The van der Waals surface area contributed by atoms with Crippen LogP contribution < -0.4 is 10.4 Å². The van der Waals surface area contributed by atoms with Crippen LogP contribution in [0.4, 0.5) is 17.1 Å². The number of halogens is 1. The largest absolute Gasteiger partial charge is 0.229 e. The standard InChI is InChI=1S/C19H13BrN3/c20-15-11-12-17-18(13-15)23(16-9-5-2-6-10-16)22-19(21-17)14-7-3-1-4-8-14/h1-13H. The molecule has 4 heteroatoms. The van der Waals surface area contributed by atoms with Gasteiger partial charge < -0.3 is 0 Å². The van der Waals surface area contributed by atoms with Crippen molar-refractivity contribution in [3.05, 3.63) is 88.9 Å². The van der Waals surface area contributed by atoms with Gasteiger partial charge in [-0.3, -0.25) is 0 Å². The Morgan fingerprint density at radius 2 is 1.48 bits per heavy atom. The summed E-state index contributed by atoms with van der Waals surface area (Å²) in [5.41, 5.74) is 8.65. The van der Waals surface area contributed by atoms with Crippen LogP contribution in [0.1, 0.15) is 5.56 Å². The normalized spacial score (nSPS) is 13.1. The molecule has 0 atom stereocenters. The molecule has 3 aromatic rings. The zero-order valence-corrected chi connectivity index (χ0v) is 13.8. The van der Waals surface area contributed by atoms with Crippen LogP contribution in [0.5, 0.6) is 0 Å². The van der Waals surface area contributed by atoms with Crippen LogP contribution >= 0.6 is 15.9 Å². The van der Waals surface area contributed by atoms with Gasteiger partial charge in [-0.2, -0.15) is 0 Å². The highest BCUT2D eigenvalue weighted by Crippen LogP contribution is 2.38. The lowest BCUT2D eigenvalue weighted by atomic mass is 10.1. The first-order valence-electron chi connectivity index (χ1n) is 7.32. The van der Waals surface area contributed by atoms with E-state index in [4.69, 9.17) is 10.4 Å². The molecule has 0 aromatic heterocycles. The minimum absolute atomic E-state index is 0.712. The van der Waals surface area contributed by atoms with E-state index in [0.717, 1.165) is 27.1 Å². The molecule has 0 saturated carbocycles. The molecule has 0 aliphatic carbocycles. The molecule has 1 aliphatic heterocycles. The third kappa shape index (κ3) is 2.73. The maximum atomic E-state index is 4.77. The Balaban J connectivity index is 1.86. The van der Waals surface area contributed by atoms with Gasteiger partial charge >= 0.3 is 0 Å². The second-order valence-electron chi connectivity index (χ2n) is 5.18. The fraction of sp³-hybridized carbons (Fsp3) is 0. The van der Waals surface area contributed by atoms with Crippen molar-refractivity contribution in [2.75, 3.05) is 5.01 Å². The topological polar surface area (TPSA) is 29.7 Å². The van der Waals surface area contributed by atoms with Crippen LogP contribution in [0.2, 0.25) is 0 Å². The number of fused-ring (bicyclic) bond motifs is 1. The van der Waals surface area contributed by atoms with Crippen LogP contribution in [0.15, 0.2) is 88.3 Å². The van der Waals surface area contributed by atoms with Crippen LogP contribution in [0.3, 0.4) is 0 Å². The highest BCUT2D eigenvalue weighted by atomic mass is 79.9. The summed E-state index contributed by atoms with van der Waals surface area (Å²) in [6, 6.07) is 26.2. The van der Waals surface area contributed by atoms with Gasteiger partial charge in [0.05, 0.1) is 17.1 Å². The summed E-state index contributed by atoms with van der Waals surface area (Å²) in [5.74, 6) is 0.712. The van der Waals surface area contributed by atoms with E-state index in [2.05, 4.69) is 15.9 Å². The second kappa shape index (κ2) is 5.89. The van der Waals surface area contributed by atoms with Gasteiger partial charge in [-0.15, -0.1) is 5.43 Å². The van der Waals surface area contributed by atoms with Gasteiger partial charge in [-0.25, -0.2) is 10.0 Å². The fourth-order valence-electron chi connectivity index (χ4n) is 2.52. The fourth-order valence-corrected chi connectivity index (χ4v) is 2.87. The van der Waals surface area contributed by atoms with Crippen molar-refractivity contribution in [1.82, 2.24) is 5.43 Å². The number of nitrogens with zero attached hydrogens (tertiary/aromatic N) is 3. The Morgan fingerprint density at radius 3 is 2.22 bits per heavy atom. The first-order valence-corrected chi connectivity index (χ1v) is 8.11. The van der Waals surface area contributed by atoms with E-state index in [0.29, 0.717) is 5.84 Å². The lowest BCUT2D eigenvalue weighted by molar-refractivity contribution is 0.898. The van der Waals surface area contributed by atoms with Crippen molar-refractivity contribution >= 4 is 38.8 Å². The number of amidine groups is 1. The quantitative estimate of drug-likeness (QED) is 0.616. The average molecular weight is 363 g/mol. The molecule has 1 radical (unpaired) electrons. The van der Waals surface area contributed by atoms with Gasteiger partial charge in [0.15, 0.2) is 5.84 Å². The smallest absolute Gasteiger partial charge is 0.180 e. The molecule has 111 valence electrons. The first kappa shape index (κ1) is 14.0. The third-order valence-electron chi connectivity index (χ3n) is 3.62. The summed E-state index contributed by atoms with van der Waals surface area (Å²) in [7, 11) is 0. The molecule has 3 aromatic carbocycles. The predicted molar refractivity (Wildman–Crippen MR) is 97.5 cm³/mol. The minimum Gasteiger partial charge on any atom is -0.229 e. The van der Waals surface area contributed by atoms with Gasteiger partial charge in [-0.05, 0) is 30.3 Å². The van der Waals surface area contributed by atoms with E-state index in [1.54, 1.807) is 0 Å². The Morgan fingerprint density at radius 1 is 0.783 bits per heavy atom. The Kier molecular flexibility index (Phi) is 3.60. The summed E-state index contributed by atoms with van der Waals surface area (Å²) in [6.07, 6.45) is 0. The second-order valence-corrected chi connectivity index (χ2v) is 6.10. The van der Waals surface area contributed by atoms with E-state index in [-0.39, 0.29) is 0 Å². The summed E-state index contributed by atoms with van der Waals surface area (Å²) in [4.78, 5) is 4.72. The van der Waals surface area contributed by atoms with Crippen molar-refractivity contribution < 1.29 is 0 Å². The monoisotopic (exact) mass is 362 g/mol. The number of benzene rings is 3. The van der Waals surface area contributed by atoms with Gasteiger partial charge in [0, 0.05) is 10.0 Å². The molecule has 0 N–H and O–H groups in total. The highest BCUT2D eigenvalue weighted by molar-refractivity contribution is 9.10. The SMILES string of the molecule is Brc1ccc2c(c1)N(c1ccccc1)[N]C(c1ccccc1)=N2.